The number of hydrogen-bond donors (Lipinski definition) is 1. The molecule has 1 amide bonds. The third-order valence-electron chi connectivity index (χ3n) is 8.02. The van der Waals surface area contributed by atoms with Crippen molar-refractivity contribution in [1.82, 2.24) is 24.4 Å². The lowest BCUT2D eigenvalue weighted by Crippen LogP contribution is -2.39. The van der Waals surface area contributed by atoms with Gasteiger partial charge in [-0.3, -0.25) is 14.3 Å². The average Bonchev–Trinajstić information content (AvgIpc) is 3.43. The first-order valence-electron chi connectivity index (χ1n) is 12.9. The van der Waals surface area contributed by atoms with E-state index >= 15 is 0 Å². The molecular formula is C27H34BN5O2. The number of carbonyl (C=O) groups excluding carboxylic acids is 1. The molecule has 5 rings (SSSR count). The van der Waals surface area contributed by atoms with Gasteiger partial charge in [0.1, 0.15) is 12.0 Å². The first-order chi connectivity index (χ1) is 17.0. The number of nitrogens with one attached hydrogen (secondary N) is 1. The van der Waals surface area contributed by atoms with Crippen molar-refractivity contribution in [2.24, 2.45) is 0 Å². The zero-order valence-electron chi connectivity index (χ0n) is 20.8. The fourth-order valence-corrected chi connectivity index (χ4v) is 6.16. The lowest BCUT2D eigenvalue weighted by Gasteiger charge is -2.28. The van der Waals surface area contributed by atoms with Crippen LogP contribution >= 0.6 is 0 Å². The van der Waals surface area contributed by atoms with E-state index in [1.165, 1.54) is 16.8 Å². The maximum atomic E-state index is 13.4. The minimum atomic E-state index is -0.0109. The first-order valence-corrected chi connectivity index (χ1v) is 12.9. The fraction of sp³-hybridized carbons (Fsp3) is 0.481. The number of carbonyl (C=O) groups is 1. The number of aromatic amines is 1. The van der Waals surface area contributed by atoms with E-state index in [1.54, 1.807) is 6.33 Å². The van der Waals surface area contributed by atoms with E-state index < -0.39 is 0 Å². The third-order valence-corrected chi connectivity index (χ3v) is 8.02. The Morgan fingerprint density at radius 1 is 1.26 bits per heavy atom. The Balaban J connectivity index is 1.29. The zero-order chi connectivity index (χ0) is 24.5. The maximum Gasteiger partial charge on any atom is 0.326 e. The topological polar surface area (TPSA) is 83.9 Å². The van der Waals surface area contributed by atoms with Gasteiger partial charge >= 0.3 is 5.69 Å². The van der Waals surface area contributed by atoms with Gasteiger partial charge in [0.25, 0.3) is 5.91 Å². The first kappa shape index (κ1) is 23.6. The van der Waals surface area contributed by atoms with Crippen molar-refractivity contribution in [3.05, 3.63) is 75.5 Å². The van der Waals surface area contributed by atoms with Crippen LogP contribution in [-0.2, 0) is 6.42 Å². The highest BCUT2D eigenvalue weighted by Crippen LogP contribution is 2.36. The molecule has 0 atom stereocenters. The molecule has 1 fully saturated rings. The van der Waals surface area contributed by atoms with Gasteiger partial charge in [-0.25, -0.2) is 9.78 Å². The van der Waals surface area contributed by atoms with Crippen LogP contribution in [0.25, 0.3) is 0 Å². The summed E-state index contributed by atoms with van der Waals surface area (Å²) in [6.45, 7) is 8.96. The number of aromatic nitrogens is 4. The molecule has 0 radical (unpaired) electrons. The quantitative estimate of drug-likeness (QED) is 0.511. The van der Waals surface area contributed by atoms with Crippen LogP contribution in [0.4, 0.5) is 0 Å². The van der Waals surface area contributed by atoms with E-state index in [1.807, 2.05) is 28.5 Å². The van der Waals surface area contributed by atoms with Crippen LogP contribution in [0.3, 0.4) is 0 Å². The van der Waals surface area contributed by atoms with Crippen LogP contribution in [0.15, 0.2) is 52.8 Å². The molecule has 0 spiro atoms. The highest BCUT2D eigenvalue weighted by Gasteiger charge is 2.33. The van der Waals surface area contributed by atoms with Crippen molar-refractivity contribution < 1.29 is 4.79 Å². The number of amides is 1. The number of H-pyrrole nitrogens is 1. The van der Waals surface area contributed by atoms with Crippen molar-refractivity contribution in [3.8, 4) is 0 Å². The molecule has 1 saturated heterocycles. The van der Waals surface area contributed by atoms with Crippen molar-refractivity contribution in [3.63, 3.8) is 0 Å². The van der Waals surface area contributed by atoms with Gasteiger partial charge < -0.3 is 9.88 Å². The van der Waals surface area contributed by atoms with Gasteiger partial charge in [-0.1, -0.05) is 30.4 Å². The Kier molecular flexibility index (Phi) is 6.63. The summed E-state index contributed by atoms with van der Waals surface area (Å²) >= 11 is 0. The smallest absolute Gasteiger partial charge is 0.310 e. The van der Waals surface area contributed by atoms with E-state index in [2.05, 4.69) is 34.5 Å². The zero-order valence-corrected chi connectivity index (χ0v) is 20.8. The summed E-state index contributed by atoms with van der Waals surface area (Å²) in [5.74, 6) is -0.0109. The van der Waals surface area contributed by atoms with Crippen LogP contribution < -0.4 is 11.3 Å². The molecule has 35 heavy (non-hydrogen) atoms. The normalized spacial score (nSPS) is 18.6. The molecule has 0 aromatic carbocycles. The molecule has 3 aliphatic rings. The summed E-state index contributed by atoms with van der Waals surface area (Å²) in [5.41, 5.74) is 7.30. The Morgan fingerprint density at radius 2 is 2.06 bits per heavy atom. The van der Waals surface area contributed by atoms with Gasteiger partial charge in [0.05, 0.1) is 0 Å². The Morgan fingerprint density at radius 3 is 2.83 bits per heavy atom. The maximum absolute atomic E-state index is 13.4. The summed E-state index contributed by atoms with van der Waals surface area (Å²) in [4.78, 5) is 39.9. The second kappa shape index (κ2) is 9.84. The van der Waals surface area contributed by atoms with Crippen molar-refractivity contribution in [2.75, 3.05) is 6.54 Å². The number of allylic oxidation sites excluding steroid dienone is 4. The molecule has 2 aromatic heterocycles. The van der Waals surface area contributed by atoms with E-state index in [9.17, 15) is 9.59 Å². The standard InChI is InChI=1S/C27H34BN5O2/c1-4-5-8-23-19(3)31-27(35)33(23)20-10-13-28(14-11-20)25-16-22(29-17-30-25)26(34)32-15-12-21-18(2)7-6-9-24(21)32/h4,7,16-17,20H,1,5-6,8-15H2,2-3H3,(H,31,35). The Labute approximate surface area is 207 Å². The van der Waals surface area contributed by atoms with Crippen molar-refractivity contribution in [2.45, 2.75) is 77.5 Å². The lowest BCUT2D eigenvalue weighted by molar-refractivity contribution is 0.0809. The highest BCUT2D eigenvalue weighted by atomic mass is 16.2. The van der Waals surface area contributed by atoms with Crippen LogP contribution in [-0.4, -0.2) is 43.6 Å². The second-order valence-corrected chi connectivity index (χ2v) is 10.1. The summed E-state index contributed by atoms with van der Waals surface area (Å²) in [6.07, 6.45) is 14.0. The number of aryl methyl sites for hydroxylation is 1. The predicted octanol–water partition coefficient (Wildman–Crippen LogP) is 3.97. The number of imidazole rings is 1. The van der Waals surface area contributed by atoms with Gasteiger partial charge in [0, 0.05) is 35.3 Å². The molecule has 182 valence electrons. The summed E-state index contributed by atoms with van der Waals surface area (Å²) < 4.78 is 1.98. The third kappa shape index (κ3) is 4.46. The molecule has 0 unspecified atom stereocenters. The minimum Gasteiger partial charge on any atom is -0.310 e. The monoisotopic (exact) mass is 471 g/mol. The summed E-state index contributed by atoms with van der Waals surface area (Å²) in [5, 5.41) is 0. The lowest BCUT2D eigenvalue weighted by atomic mass is 9.39. The van der Waals surface area contributed by atoms with E-state index in [-0.39, 0.29) is 24.4 Å². The van der Waals surface area contributed by atoms with Gasteiger partial charge in [-0.05, 0) is 70.4 Å². The van der Waals surface area contributed by atoms with Gasteiger partial charge in [0.15, 0.2) is 0 Å². The number of hydrogen-bond acceptors (Lipinski definition) is 4. The largest absolute Gasteiger partial charge is 0.326 e. The average molecular weight is 471 g/mol. The van der Waals surface area contributed by atoms with Gasteiger partial charge in [0.2, 0.25) is 6.71 Å². The minimum absolute atomic E-state index is 0.00740. The number of nitrogens with zero attached hydrogens (tertiary/aromatic N) is 4. The SMILES string of the molecule is C=CCCc1c(C)[nH]c(=O)n1C1CCB(c2cc(C(=O)N3CCC4=C3CCC=C4C)ncn2)CC1. The Bertz CT molecular complexity index is 1260. The molecule has 1 N–H and O–H groups in total. The second-order valence-electron chi connectivity index (χ2n) is 10.1. The molecule has 0 saturated carbocycles. The van der Waals surface area contributed by atoms with E-state index in [4.69, 9.17) is 0 Å². The van der Waals surface area contributed by atoms with E-state index in [0.29, 0.717) is 5.69 Å². The fourth-order valence-electron chi connectivity index (χ4n) is 6.16. The summed E-state index contributed by atoms with van der Waals surface area (Å²) in [6, 6.07) is 2.10. The molecule has 2 aromatic rings. The van der Waals surface area contributed by atoms with Crippen LogP contribution in [0, 0.1) is 6.92 Å². The molecule has 7 nitrogen and oxygen atoms in total. The van der Waals surface area contributed by atoms with Gasteiger partial charge in [-0.2, -0.15) is 0 Å². The van der Waals surface area contributed by atoms with E-state index in [0.717, 1.165) is 81.1 Å². The molecule has 1 aliphatic carbocycles. The number of rotatable bonds is 6. The molecule has 2 aliphatic heterocycles. The van der Waals surface area contributed by atoms with Crippen LogP contribution in [0.5, 0.6) is 0 Å². The molecular weight excluding hydrogens is 437 g/mol. The van der Waals surface area contributed by atoms with Gasteiger partial charge in [-0.15, -0.1) is 6.58 Å². The highest BCUT2D eigenvalue weighted by molar-refractivity contribution is 6.72. The summed E-state index contributed by atoms with van der Waals surface area (Å²) in [7, 11) is 0. The Hall–Kier alpha value is -3.16. The molecule has 4 heterocycles. The molecule has 8 heteroatoms. The molecule has 0 bridgehead atoms. The van der Waals surface area contributed by atoms with Crippen LogP contribution in [0.2, 0.25) is 12.6 Å². The van der Waals surface area contributed by atoms with Crippen molar-refractivity contribution >= 4 is 18.2 Å². The van der Waals surface area contributed by atoms with Crippen molar-refractivity contribution in [1.29, 1.82) is 0 Å². The predicted molar refractivity (Wildman–Crippen MR) is 139 cm³/mol. The van der Waals surface area contributed by atoms with Crippen LogP contribution in [0.1, 0.15) is 73.4 Å².